The highest BCUT2D eigenvalue weighted by molar-refractivity contribution is 5.80. The average Bonchev–Trinajstić information content (AvgIpc) is 2.73. The number of carbonyl (C=O) groups excluding carboxylic acids is 1. The predicted octanol–water partition coefficient (Wildman–Crippen LogP) is 2.60. The Kier molecular flexibility index (Phi) is 3.72. The Labute approximate surface area is 115 Å². The lowest BCUT2D eigenvalue weighted by Crippen LogP contribution is -2.33. The van der Waals surface area contributed by atoms with Gasteiger partial charge in [0.05, 0.1) is 6.42 Å². The third-order valence-electron chi connectivity index (χ3n) is 4.26. The van der Waals surface area contributed by atoms with Gasteiger partial charge in [-0.1, -0.05) is 25.0 Å². The lowest BCUT2D eigenvalue weighted by atomic mass is 10.0. The van der Waals surface area contributed by atoms with E-state index in [0.717, 1.165) is 26.1 Å². The van der Waals surface area contributed by atoms with Gasteiger partial charge in [0.15, 0.2) is 0 Å². The van der Waals surface area contributed by atoms with Gasteiger partial charge in [-0.25, -0.2) is 0 Å². The van der Waals surface area contributed by atoms with Crippen LogP contribution in [0, 0.1) is 0 Å². The van der Waals surface area contributed by atoms with Gasteiger partial charge in [0.2, 0.25) is 5.91 Å². The summed E-state index contributed by atoms with van der Waals surface area (Å²) >= 11 is 0. The molecule has 2 aliphatic heterocycles. The van der Waals surface area contributed by atoms with Crippen molar-refractivity contribution in [1.29, 1.82) is 0 Å². The molecule has 19 heavy (non-hydrogen) atoms. The first-order valence-corrected chi connectivity index (χ1v) is 7.47. The lowest BCUT2D eigenvalue weighted by molar-refractivity contribution is -0.130. The Balaban J connectivity index is 1.71. The van der Waals surface area contributed by atoms with E-state index in [1.807, 2.05) is 0 Å². The monoisotopic (exact) mass is 258 g/mol. The number of nitrogens with zero attached hydrogens (tertiary/aromatic N) is 1. The molecule has 1 saturated heterocycles. The highest BCUT2D eigenvalue weighted by atomic mass is 16.2. The van der Waals surface area contributed by atoms with Crippen LogP contribution in [0.15, 0.2) is 18.2 Å². The van der Waals surface area contributed by atoms with Crippen LogP contribution >= 0.6 is 0 Å². The first-order valence-electron chi connectivity index (χ1n) is 7.47. The van der Waals surface area contributed by atoms with E-state index in [-0.39, 0.29) is 0 Å². The van der Waals surface area contributed by atoms with Crippen molar-refractivity contribution in [3.8, 4) is 0 Å². The third kappa shape index (κ3) is 2.75. The molecular formula is C16H22N2O. The van der Waals surface area contributed by atoms with Crippen LogP contribution in [-0.2, 0) is 17.6 Å². The zero-order valence-electron chi connectivity index (χ0n) is 11.5. The highest BCUT2D eigenvalue weighted by Gasteiger charge is 2.19. The molecule has 0 bridgehead atoms. The van der Waals surface area contributed by atoms with Gasteiger partial charge in [-0.05, 0) is 36.5 Å². The molecule has 2 heterocycles. The number of amides is 1. The number of likely N-dealkylation sites (tertiary alicyclic amines) is 1. The molecule has 1 aromatic carbocycles. The summed E-state index contributed by atoms with van der Waals surface area (Å²) in [6, 6.07) is 6.28. The van der Waals surface area contributed by atoms with Crippen LogP contribution in [-0.4, -0.2) is 30.4 Å². The molecule has 1 aromatic rings. The summed E-state index contributed by atoms with van der Waals surface area (Å²) in [6.45, 7) is 2.91. The van der Waals surface area contributed by atoms with Gasteiger partial charge in [0, 0.05) is 25.3 Å². The SMILES string of the molecule is O=C(Cc1cccc2c1CCN2)N1CCCCCC1. The van der Waals surface area contributed by atoms with Gasteiger partial charge in [0.25, 0.3) is 0 Å². The van der Waals surface area contributed by atoms with E-state index >= 15 is 0 Å². The van der Waals surface area contributed by atoms with E-state index in [1.54, 1.807) is 0 Å². The largest absolute Gasteiger partial charge is 0.384 e. The van der Waals surface area contributed by atoms with E-state index in [9.17, 15) is 4.79 Å². The maximum absolute atomic E-state index is 12.4. The zero-order chi connectivity index (χ0) is 13.1. The standard InChI is InChI=1S/C16H22N2O/c19-16(18-10-3-1-2-4-11-18)12-13-6-5-7-15-14(13)8-9-17-15/h5-7,17H,1-4,8-12H2. The molecule has 1 fully saturated rings. The van der Waals surface area contributed by atoms with Crippen molar-refractivity contribution in [2.24, 2.45) is 0 Å². The molecule has 0 unspecified atom stereocenters. The van der Waals surface area contributed by atoms with Crippen molar-refractivity contribution in [1.82, 2.24) is 4.90 Å². The molecule has 0 spiro atoms. The van der Waals surface area contributed by atoms with Crippen LogP contribution in [0.3, 0.4) is 0 Å². The first kappa shape index (κ1) is 12.5. The molecule has 2 aliphatic rings. The van der Waals surface area contributed by atoms with E-state index in [1.165, 1.54) is 42.5 Å². The minimum absolute atomic E-state index is 0.308. The maximum Gasteiger partial charge on any atom is 0.227 e. The van der Waals surface area contributed by atoms with Crippen molar-refractivity contribution >= 4 is 11.6 Å². The predicted molar refractivity (Wildman–Crippen MR) is 77.4 cm³/mol. The van der Waals surface area contributed by atoms with Crippen molar-refractivity contribution in [2.75, 3.05) is 25.0 Å². The molecule has 3 nitrogen and oxygen atoms in total. The molecule has 3 heteroatoms. The van der Waals surface area contributed by atoms with Gasteiger partial charge in [0.1, 0.15) is 0 Å². The molecule has 1 amide bonds. The van der Waals surface area contributed by atoms with E-state index in [0.29, 0.717) is 12.3 Å². The Morgan fingerprint density at radius 3 is 2.74 bits per heavy atom. The molecule has 3 rings (SSSR count). The minimum Gasteiger partial charge on any atom is -0.384 e. The maximum atomic E-state index is 12.4. The number of carbonyl (C=O) groups is 1. The molecular weight excluding hydrogens is 236 g/mol. The van der Waals surface area contributed by atoms with Gasteiger partial charge >= 0.3 is 0 Å². The highest BCUT2D eigenvalue weighted by Crippen LogP contribution is 2.26. The first-order chi connectivity index (χ1) is 9.34. The van der Waals surface area contributed by atoms with E-state index in [4.69, 9.17) is 0 Å². The summed E-state index contributed by atoms with van der Waals surface area (Å²) in [4.78, 5) is 14.5. The zero-order valence-corrected chi connectivity index (χ0v) is 11.5. The Hall–Kier alpha value is -1.51. The third-order valence-corrected chi connectivity index (χ3v) is 4.26. The number of fused-ring (bicyclic) bond motifs is 1. The fraction of sp³-hybridized carbons (Fsp3) is 0.562. The van der Waals surface area contributed by atoms with Gasteiger partial charge in [-0.2, -0.15) is 0 Å². The summed E-state index contributed by atoms with van der Waals surface area (Å²) in [7, 11) is 0. The molecule has 0 aromatic heterocycles. The summed E-state index contributed by atoms with van der Waals surface area (Å²) in [6.07, 6.45) is 6.51. The number of nitrogens with one attached hydrogen (secondary N) is 1. The lowest BCUT2D eigenvalue weighted by Gasteiger charge is -2.21. The van der Waals surface area contributed by atoms with Crippen molar-refractivity contribution < 1.29 is 4.79 Å². The van der Waals surface area contributed by atoms with Gasteiger partial charge in [-0.3, -0.25) is 4.79 Å². The summed E-state index contributed by atoms with van der Waals surface area (Å²) in [5, 5.41) is 3.38. The molecule has 0 radical (unpaired) electrons. The second-order valence-corrected chi connectivity index (χ2v) is 5.59. The average molecular weight is 258 g/mol. The second kappa shape index (κ2) is 5.64. The minimum atomic E-state index is 0.308. The molecule has 0 aliphatic carbocycles. The van der Waals surface area contributed by atoms with Crippen molar-refractivity contribution in [3.63, 3.8) is 0 Å². The van der Waals surface area contributed by atoms with Gasteiger partial charge < -0.3 is 10.2 Å². The van der Waals surface area contributed by atoms with Crippen molar-refractivity contribution in [2.45, 2.75) is 38.5 Å². The molecule has 0 atom stereocenters. The fourth-order valence-corrected chi connectivity index (χ4v) is 3.18. The number of hydrogen-bond donors (Lipinski definition) is 1. The number of hydrogen-bond acceptors (Lipinski definition) is 2. The summed E-state index contributed by atoms with van der Waals surface area (Å²) < 4.78 is 0. The molecule has 102 valence electrons. The van der Waals surface area contributed by atoms with Crippen LogP contribution in [0.2, 0.25) is 0 Å². The smallest absolute Gasteiger partial charge is 0.227 e. The Morgan fingerprint density at radius 2 is 1.95 bits per heavy atom. The van der Waals surface area contributed by atoms with Crippen LogP contribution in [0.5, 0.6) is 0 Å². The summed E-state index contributed by atoms with van der Waals surface area (Å²) in [5.74, 6) is 0.308. The number of benzene rings is 1. The Morgan fingerprint density at radius 1 is 1.16 bits per heavy atom. The molecule has 0 saturated carbocycles. The van der Waals surface area contributed by atoms with Crippen LogP contribution in [0.1, 0.15) is 36.8 Å². The normalized spacial score (nSPS) is 18.6. The van der Waals surface area contributed by atoms with Crippen molar-refractivity contribution in [3.05, 3.63) is 29.3 Å². The van der Waals surface area contributed by atoms with Gasteiger partial charge in [-0.15, -0.1) is 0 Å². The Bertz CT molecular complexity index is 462. The topological polar surface area (TPSA) is 32.3 Å². The van der Waals surface area contributed by atoms with E-state index in [2.05, 4.69) is 28.4 Å². The van der Waals surface area contributed by atoms with Crippen LogP contribution in [0.4, 0.5) is 5.69 Å². The molecule has 1 N–H and O–H groups in total. The number of anilines is 1. The number of rotatable bonds is 2. The van der Waals surface area contributed by atoms with E-state index < -0.39 is 0 Å². The fourth-order valence-electron chi connectivity index (χ4n) is 3.18. The summed E-state index contributed by atoms with van der Waals surface area (Å²) in [5.41, 5.74) is 3.79. The second-order valence-electron chi connectivity index (χ2n) is 5.59. The quantitative estimate of drug-likeness (QED) is 0.884. The van der Waals surface area contributed by atoms with Crippen LogP contribution < -0.4 is 5.32 Å². The van der Waals surface area contributed by atoms with Crippen LogP contribution in [0.25, 0.3) is 0 Å².